The van der Waals surface area contributed by atoms with Crippen LogP contribution in [0.2, 0.25) is 0 Å². The minimum Gasteiger partial charge on any atom is -0.465 e. The average Bonchev–Trinajstić information content (AvgIpc) is 3.55. The number of benzene rings is 1. The number of amides is 2. The zero-order valence-corrected chi connectivity index (χ0v) is 23.4. The maximum Gasteiger partial charge on any atom is 0.312 e. The summed E-state index contributed by atoms with van der Waals surface area (Å²) in [4.78, 5) is 45.3. The first-order chi connectivity index (χ1) is 18.6. The van der Waals surface area contributed by atoms with Crippen LogP contribution in [0.5, 0.6) is 0 Å². The van der Waals surface area contributed by atoms with E-state index in [9.17, 15) is 19.5 Å². The zero-order valence-electron chi connectivity index (χ0n) is 23.4. The number of carbonyl (C=O) groups is 3. The number of carbonyl (C=O) groups excluding carboxylic acids is 3. The molecule has 4 rings (SSSR count). The molecule has 0 aromatic heterocycles. The second-order valence-electron chi connectivity index (χ2n) is 11.8. The Labute approximate surface area is 231 Å². The van der Waals surface area contributed by atoms with Crippen molar-refractivity contribution in [3.63, 3.8) is 0 Å². The third-order valence-corrected chi connectivity index (χ3v) is 8.35. The van der Waals surface area contributed by atoms with E-state index >= 15 is 0 Å². The third-order valence-electron chi connectivity index (χ3n) is 8.35. The molecule has 3 aliphatic rings. The normalized spacial score (nSPS) is 28.2. The molecule has 0 aliphatic carbocycles. The van der Waals surface area contributed by atoms with E-state index in [-0.39, 0.29) is 25.0 Å². The summed E-state index contributed by atoms with van der Waals surface area (Å²) in [6.07, 6.45) is 5.74. The fourth-order valence-electron chi connectivity index (χ4n) is 6.64. The quantitative estimate of drug-likeness (QED) is 0.249. The van der Waals surface area contributed by atoms with Gasteiger partial charge in [-0.25, -0.2) is 0 Å². The number of ether oxygens (including phenoxy) is 2. The van der Waals surface area contributed by atoms with E-state index in [1.165, 1.54) is 4.90 Å². The van der Waals surface area contributed by atoms with Crippen molar-refractivity contribution in [1.29, 1.82) is 0 Å². The Kier molecular flexibility index (Phi) is 8.66. The predicted molar refractivity (Wildman–Crippen MR) is 148 cm³/mol. The van der Waals surface area contributed by atoms with Gasteiger partial charge in [-0.05, 0) is 58.4 Å². The van der Waals surface area contributed by atoms with Gasteiger partial charge in [-0.15, -0.1) is 13.2 Å². The topological polar surface area (TPSA) is 96.4 Å². The molecule has 39 heavy (non-hydrogen) atoms. The maximum absolute atomic E-state index is 14.5. The molecule has 6 atom stereocenters. The first-order valence-electron chi connectivity index (χ1n) is 14.0. The molecule has 8 nitrogen and oxygen atoms in total. The Morgan fingerprint density at radius 3 is 2.59 bits per heavy atom. The molecule has 1 spiro atoms. The Hall–Kier alpha value is -2.97. The van der Waals surface area contributed by atoms with Gasteiger partial charge in [0.25, 0.3) is 0 Å². The summed E-state index contributed by atoms with van der Waals surface area (Å²) < 4.78 is 12.1. The number of hydrogen-bond donors (Lipinski definition) is 1. The average molecular weight is 539 g/mol. The van der Waals surface area contributed by atoms with Gasteiger partial charge in [0.05, 0.1) is 37.2 Å². The van der Waals surface area contributed by atoms with E-state index in [2.05, 4.69) is 13.2 Å². The predicted octanol–water partition coefficient (Wildman–Crippen LogP) is 3.29. The van der Waals surface area contributed by atoms with E-state index in [1.54, 1.807) is 17.1 Å². The van der Waals surface area contributed by atoms with Crippen LogP contribution < -0.4 is 0 Å². The van der Waals surface area contributed by atoms with Crippen LogP contribution >= 0.6 is 0 Å². The van der Waals surface area contributed by atoms with Crippen LogP contribution in [0.1, 0.15) is 52.0 Å². The van der Waals surface area contributed by atoms with Crippen molar-refractivity contribution in [3.05, 3.63) is 61.2 Å². The summed E-state index contributed by atoms with van der Waals surface area (Å²) in [5.41, 5.74) is -0.770. The molecule has 0 radical (unpaired) electrons. The molecule has 3 fully saturated rings. The lowest BCUT2D eigenvalue weighted by molar-refractivity contribution is -0.157. The van der Waals surface area contributed by atoms with Crippen molar-refractivity contribution >= 4 is 17.8 Å². The van der Waals surface area contributed by atoms with Crippen LogP contribution in [-0.4, -0.2) is 81.8 Å². The first kappa shape index (κ1) is 29.0. The van der Waals surface area contributed by atoms with E-state index in [0.717, 1.165) is 12.0 Å². The second-order valence-corrected chi connectivity index (χ2v) is 11.8. The van der Waals surface area contributed by atoms with Gasteiger partial charge in [-0.2, -0.15) is 0 Å². The van der Waals surface area contributed by atoms with Gasteiger partial charge in [0.2, 0.25) is 11.8 Å². The number of esters is 1. The standard InChI is InChI=1S/C31H42N2O6/c1-6-8-12-18-38-29(37)24-23-15-16-31(39-23)25(24)27(35)33(22(20-34)19-21-13-10-9-11-14-21)26(31)28(36)32(17-7-2)30(3,4)5/h6-7,9-11,13-14,22-26,34H,1-2,8,12,15-20H2,3-5H3/t22-,23-,24+,25+,26?,31?/m1/s1. The Balaban J connectivity index is 1.74. The smallest absolute Gasteiger partial charge is 0.312 e. The minimum absolute atomic E-state index is 0.235. The van der Waals surface area contributed by atoms with E-state index in [1.807, 2.05) is 51.1 Å². The van der Waals surface area contributed by atoms with E-state index in [4.69, 9.17) is 9.47 Å². The summed E-state index contributed by atoms with van der Waals surface area (Å²) in [5, 5.41) is 10.6. The number of aliphatic hydroxyl groups is 1. The molecule has 2 unspecified atom stereocenters. The Morgan fingerprint density at radius 1 is 1.26 bits per heavy atom. The molecule has 3 aliphatic heterocycles. The van der Waals surface area contributed by atoms with Crippen LogP contribution in [0, 0.1) is 11.8 Å². The molecule has 0 saturated carbocycles. The van der Waals surface area contributed by atoms with Gasteiger partial charge >= 0.3 is 5.97 Å². The number of rotatable bonds is 12. The van der Waals surface area contributed by atoms with Crippen LogP contribution in [0.15, 0.2) is 55.6 Å². The van der Waals surface area contributed by atoms with Crippen molar-refractivity contribution in [2.24, 2.45) is 11.8 Å². The molecular weight excluding hydrogens is 496 g/mol. The molecule has 1 N–H and O–H groups in total. The number of nitrogens with zero attached hydrogens (tertiary/aromatic N) is 2. The van der Waals surface area contributed by atoms with Crippen LogP contribution in [-0.2, 0) is 30.3 Å². The van der Waals surface area contributed by atoms with Gasteiger partial charge in [-0.3, -0.25) is 14.4 Å². The number of likely N-dealkylation sites (tertiary alicyclic amines) is 1. The molecule has 3 heterocycles. The fourth-order valence-corrected chi connectivity index (χ4v) is 6.64. The number of allylic oxidation sites excluding steroid dienone is 1. The summed E-state index contributed by atoms with van der Waals surface area (Å²) in [6.45, 7) is 13.6. The number of fused-ring (bicyclic) bond motifs is 1. The summed E-state index contributed by atoms with van der Waals surface area (Å²) >= 11 is 0. The zero-order chi connectivity index (χ0) is 28.4. The highest BCUT2D eigenvalue weighted by Gasteiger charge is 2.75. The lowest BCUT2D eigenvalue weighted by Crippen LogP contribution is -2.61. The lowest BCUT2D eigenvalue weighted by Gasteiger charge is -2.43. The molecule has 1 aromatic carbocycles. The van der Waals surface area contributed by atoms with E-state index in [0.29, 0.717) is 32.2 Å². The summed E-state index contributed by atoms with van der Waals surface area (Å²) in [6, 6.07) is 7.95. The van der Waals surface area contributed by atoms with Gasteiger partial charge in [0.1, 0.15) is 11.6 Å². The Morgan fingerprint density at radius 2 is 1.97 bits per heavy atom. The van der Waals surface area contributed by atoms with Crippen molar-refractivity contribution in [1.82, 2.24) is 9.80 Å². The van der Waals surface area contributed by atoms with Gasteiger partial charge in [0, 0.05) is 12.1 Å². The number of unbranched alkanes of at least 4 members (excludes halogenated alkanes) is 1. The summed E-state index contributed by atoms with van der Waals surface area (Å²) in [5.74, 6) is -2.67. The number of hydrogen-bond acceptors (Lipinski definition) is 6. The fraction of sp³-hybridized carbons (Fsp3) is 0.581. The van der Waals surface area contributed by atoms with Crippen molar-refractivity contribution in [2.75, 3.05) is 19.8 Å². The highest BCUT2D eigenvalue weighted by Crippen LogP contribution is 2.59. The molecule has 2 bridgehead atoms. The molecule has 1 aromatic rings. The minimum atomic E-state index is -1.15. The van der Waals surface area contributed by atoms with Gasteiger partial charge in [0.15, 0.2) is 0 Å². The second kappa shape index (κ2) is 11.6. The molecule has 2 amide bonds. The van der Waals surface area contributed by atoms with Crippen LogP contribution in [0.4, 0.5) is 0 Å². The van der Waals surface area contributed by atoms with Crippen LogP contribution in [0.25, 0.3) is 0 Å². The van der Waals surface area contributed by atoms with Crippen molar-refractivity contribution in [2.45, 2.75) is 82.2 Å². The van der Waals surface area contributed by atoms with Gasteiger partial charge in [-0.1, -0.05) is 42.5 Å². The highest BCUT2D eigenvalue weighted by atomic mass is 16.6. The van der Waals surface area contributed by atoms with Gasteiger partial charge < -0.3 is 24.4 Å². The SMILES string of the molecule is C=CCCCOC(=O)[C@@H]1[C@H]2C(=O)N([C@@H](CO)Cc3ccccc3)C(C(=O)N(CC=C)C(C)(C)C)C23CC[C@H]1O3. The lowest BCUT2D eigenvalue weighted by atomic mass is 9.70. The molecule has 3 saturated heterocycles. The van der Waals surface area contributed by atoms with Crippen molar-refractivity contribution < 1.29 is 29.0 Å². The maximum atomic E-state index is 14.5. The Bertz CT molecular complexity index is 1080. The number of aliphatic hydroxyl groups excluding tert-OH is 1. The first-order valence-corrected chi connectivity index (χ1v) is 14.0. The van der Waals surface area contributed by atoms with E-state index < -0.39 is 47.1 Å². The third kappa shape index (κ3) is 5.29. The molecular formula is C31H42N2O6. The monoisotopic (exact) mass is 538 g/mol. The summed E-state index contributed by atoms with van der Waals surface area (Å²) in [7, 11) is 0. The van der Waals surface area contributed by atoms with Crippen LogP contribution in [0.3, 0.4) is 0 Å². The van der Waals surface area contributed by atoms with Crippen molar-refractivity contribution in [3.8, 4) is 0 Å². The highest BCUT2D eigenvalue weighted by molar-refractivity contribution is 5.98. The molecule has 212 valence electrons. The largest absolute Gasteiger partial charge is 0.465 e. The molecule has 8 heteroatoms.